The molecule has 6 nitrogen and oxygen atoms in total. The minimum Gasteiger partial charge on any atom is -0.376 e. The van der Waals surface area contributed by atoms with Gasteiger partial charge in [0.1, 0.15) is 5.82 Å². The van der Waals surface area contributed by atoms with E-state index < -0.39 is 44.5 Å². The zero-order chi connectivity index (χ0) is 28.6. The average Bonchev–Trinajstić information content (AvgIpc) is 2.88. The van der Waals surface area contributed by atoms with Gasteiger partial charge in [-0.05, 0) is 61.0 Å². The van der Waals surface area contributed by atoms with Gasteiger partial charge in [-0.2, -0.15) is 17.5 Å². The van der Waals surface area contributed by atoms with Gasteiger partial charge in [0.05, 0.1) is 21.7 Å². The van der Waals surface area contributed by atoms with Gasteiger partial charge in [-0.15, -0.1) is 12.6 Å². The molecule has 1 N–H and O–H groups in total. The van der Waals surface area contributed by atoms with Gasteiger partial charge in [0, 0.05) is 40.9 Å². The molecule has 3 atom stereocenters. The van der Waals surface area contributed by atoms with Crippen molar-refractivity contribution >= 4 is 39.1 Å². The molecular weight excluding hydrogens is 576 g/mol. The van der Waals surface area contributed by atoms with Gasteiger partial charge in [0.25, 0.3) is 0 Å². The number of benzene rings is 3. The fourth-order valence-corrected chi connectivity index (χ4v) is 7.67. The van der Waals surface area contributed by atoms with E-state index in [1.807, 2.05) is 0 Å². The molecule has 1 aliphatic heterocycles. The first-order chi connectivity index (χ1) is 18.2. The smallest absolute Gasteiger partial charge is 0.376 e. The molecule has 3 aromatic carbocycles. The topological polar surface area (TPSA) is 77.9 Å². The van der Waals surface area contributed by atoms with Crippen molar-refractivity contribution in [3.05, 3.63) is 84.2 Å². The van der Waals surface area contributed by atoms with Gasteiger partial charge in [-0.25, -0.2) is 12.8 Å². The maximum Gasteiger partial charge on any atom is 0.421 e. The van der Waals surface area contributed by atoms with Crippen molar-refractivity contribution < 1.29 is 35.3 Å². The predicted octanol–water partition coefficient (Wildman–Crippen LogP) is 4.57. The number of nitrogens with zero attached hydrogens (tertiary/aromatic N) is 2. The zero-order valence-electron chi connectivity index (χ0n) is 20.7. The van der Waals surface area contributed by atoms with Gasteiger partial charge in [-0.1, -0.05) is 24.3 Å². The van der Waals surface area contributed by atoms with E-state index in [2.05, 4.69) is 12.6 Å². The van der Waals surface area contributed by atoms with Crippen LogP contribution in [-0.2, 0) is 26.4 Å². The van der Waals surface area contributed by atoms with Crippen molar-refractivity contribution in [3.8, 4) is 0 Å². The summed E-state index contributed by atoms with van der Waals surface area (Å²) in [4.78, 5) is 2.44. The molecule has 1 aliphatic rings. The summed E-state index contributed by atoms with van der Waals surface area (Å²) in [6.07, 6.45) is -4.88. The number of alkyl halides is 3. The molecule has 0 radical (unpaired) electrons. The standard InChI is InChI=1S/C26H26F4N2O4S3/c1-25(33,26(28,29)30)18-6-10-20(11-7-18)32-15-14-31(39(35,36)24-5-3-2-4-23(24)37)16-21(32)17-38(34)22-12-8-19(27)9-13-22/h2-13,21,33,37H,14-17H2,1H3/t21-,25-,38+/m1/s1. The van der Waals surface area contributed by atoms with Crippen molar-refractivity contribution in [1.29, 1.82) is 0 Å². The Balaban J connectivity index is 1.65. The van der Waals surface area contributed by atoms with Crippen molar-refractivity contribution in [2.75, 3.05) is 30.3 Å². The third-order valence-electron chi connectivity index (χ3n) is 6.66. The number of aliphatic hydroxyl groups is 1. The van der Waals surface area contributed by atoms with Crippen LogP contribution in [0.4, 0.5) is 23.2 Å². The second-order valence-electron chi connectivity index (χ2n) is 9.26. The second kappa shape index (κ2) is 11.2. The number of rotatable bonds is 7. The van der Waals surface area contributed by atoms with Crippen molar-refractivity contribution in [2.45, 2.75) is 39.4 Å². The van der Waals surface area contributed by atoms with E-state index in [4.69, 9.17) is 0 Å². The van der Waals surface area contributed by atoms with Crippen molar-refractivity contribution in [3.63, 3.8) is 0 Å². The largest absolute Gasteiger partial charge is 0.421 e. The summed E-state index contributed by atoms with van der Waals surface area (Å²) in [5.74, 6) is -0.519. The van der Waals surface area contributed by atoms with E-state index in [9.17, 15) is 35.3 Å². The van der Waals surface area contributed by atoms with E-state index in [0.29, 0.717) is 17.5 Å². The zero-order valence-corrected chi connectivity index (χ0v) is 23.2. The number of anilines is 1. The molecular formula is C26H26F4N2O4S3. The summed E-state index contributed by atoms with van der Waals surface area (Å²) in [6.45, 7) is 0.833. The molecule has 4 rings (SSSR count). The first-order valence-corrected chi connectivity index (χ1v) is 15.0. The summed E-state index contributed by atoms with van der Waals surface area (Å²) in [5.41, 5.74) is -2.93. The highest BCUT2D eigenvalue weighted by Crippen LogP contribution is 2.39. The Hall–Kier alpha value is -2.45. The molecule has 0 spiro atoms. The second-order valence-corrected chi connectivity index (χ2v) is 13.1. The van der Waals surface area contributed by atoms with Crippen LogP contribution in [0, 0.1) is 5.82 Å². The van der Waals surface area contributed by atoms with E-state index in [1.165, 1.54) is 46.8 Å². The van der Waals surface area contributed by atoms with Crippen LogP contribution in [0.5, 0.6) is 0 Å². The summed E-state index contributed by atoms with van der Waals surface area (Å²) >= 11 is 4.28. The molecule has 3 aromatic rings. The van der Waals surface area contributed by atoms with E-state index in [1.54, 1.807) is 23.1 Å². The predicted molar refractivity (Wildman–Crippen MR) is 143 cm³/mol. The summed E-state index contributed by atoms with van der Waals surface area (Å²) < 4.78 is 94.7. The number of hydrogen-bond acceptors (Lipinski definition) is 6. The Morgan fingerprint density at radius 1 is 1.00 bits per heavy atom. The number of piperazine rings is 1. The molecule has 1 heterocycles. The van der Waals surface area contributed by atoms with Gasteiger partial charge in [-0.3, -0.25) is 4.21 Å². The van der Waals surface area contributed by atoms with Crippen LogP contribution in [0.2, 0.25) is 0 Å². The van der Waals surface area contributed by atoms with E-state index >= 15 is 0 Å². The maximum atomic E-state index is 13.4. The fraction of sp³-hybridized carbons (Fsp3) is 0.308. The maximum absolute atomic E-state index is 13.4. The Kier molecular flexibility index (Phi) is 8.48. The summed E-state index contributed by atoms with van der Waals surface area (Å²) in [6, 6.07) is 15.9. The Morgan fingerprint density at radius 2 is 1.62 bits per heavy atom. The van der Waals surface area contributed by atoms with E-state index in [-0.39, 0.29) is 40.7 Å². The van der Waals surface area contributed by atoms with Gasteiger partial charge in [0.15, 0.2) is 5.60 Å². The Labute approximate surface area is 232 Å². The average molecular weight is 603 g/mol. The molecule has 0 amide bonds. The first-order valence-electron chi connectivity index (χ1n) is 11.8. The molecule has 0 aromatic heterocycles. The van der Waals surface area contributed by atoms with Crippen LogP contribution in [0.3, 0.4) is 0 Å². The van der Waals surface area contributed by atoms with Crippen LogP contribution in [0.15, 0.2) is 87.5 Å². The molecule has 39 heavy (non-hydrogen) atoms. The first kappa shape index (κ1) is 29.5. The lowest BCUT2D eigenvalue weighted by Crippen LogP contribution is -2.56. The quantitative estimate of drug-likeness (QED) is 0.306. The molecule has 0 aliphatic carbocycles. The number of thiol groups is 1. The highest BCUT2D eigenvalue weighted by Gasteiger charge is 2.51. The Bertz CT molecular complexity index is 1450. The third kappa shape index (κ3) is 6.17. The monoisotopic (exact) mass is 602 g/mol. The van der Waals surface area contributed by atoms with Gasteiger partial charge >= 0.3 is 6.18 Å². The number of hydrogen-bond donors (Lipinski definition) is 2. The lowest BCUT2D eigenvalue weighted by atomic mass is 9.95. The SMILES string of the molecule is C[C@@](O)(c1ccc(N2CCN(S(=O)(=O)c3ccccc3S)C[C@@H]2C[S@](=O)c2ccc(F)cc2)cc1)C(F)(F)F. The van der Waals surface area contributed by atoms with Crippen LogP contribution in [0.1, 0.15) is 12.5 Å². The minimum atomic E-state index is -4.88. The lowest BCUT2D eigenvalue weighted by molar-refractivity contribution is -0.258. The molecule has 13 heteroatoms. The molecule has 1 fully saturated rings. The van der Waals surface area contributed by atoms with E-state index in [0.717, 1.165) is 12.1 Å². The molecule has 210 valence electrons. The highest BCUT2D eigenvalue weighted by molar-refractivity contribution is 7.90. The van der Waals surface area contributed by atoms with Crippen molar-refractivity contribution in [1.82, 2.24) is 4.31 Å². The normalized spacial score (nSPS) is 19.5. The summed E-state index contributed by atoms with van der Waals surface area (Å²) in [5, 5.41) is 10.0. The van der Waals surface area contributed by atoms with Gasteiger partial charge < -0.3 is 10.0 Å². The molecule has 0 saturated carbocycles. The van der Waals surface area contributed by atoms with Gasteiger partial charge in [0.2, 0.25) is 10.0 Å². The third-order valence-corrected chi connectivity index (χ3v) is 10.6. The highest BCUT2D eigenvalue weighted by atomic mass is 32.2. The molecule has 1 saturated heterocycles. The Morgan fingerprint density at radius 3 is 2.21 bits per heavy atom. The minimum absolute atomic E-state index is 0.0256. The molecule has 0 unspecified atom stereocenters. The number of sulfonamides is 1. The van der Waals surface area contributed by atoms with Crippen LogP contribution in [0.25, 0.3) is 0 Å². The fourth-order valence-electron chi connectivity index (χ4n) is 4.34. The van der Waals surface area contributed by atoms with Crippen molar-refractivity contribution in [2.24, 2.45) is 0 Å². The van der Waals surface area contributed by atoms with Crippen LogP contribution in [-0.4, -0.2) is 59.6 Å². The lowest BCUT2D eigenvalue weighted by Gasteiger charge is -2.42. The van der Waals surface area contributed by atoms with Crippen LogP contribution < -0.4 is 4.90 Å². The molecule has 0 bridgehead atoms. The van der Waals surface area contributed by atoms with Crippen LogP contribution >= 0.6 is 12.6 Å². The summed E-state index contributed by atoms with van der Waals surface area (Å²) in [7, 11) is -5.59. The number of halogens is 4.